The van der Waals surface area contributed by atoms with E-state index in [0.717, 1.165) is 4.90 Å². The molecule has 0 bridgehead atoms. The van der Waals surface area contributed by atoms with Crippen molar-refractivity contribution >= 4 is 17.8 Å². The van der Waals surface area contributed by atoms with Crippen LogP contribution in [0.1, 0.15) is 26.7 Å². The summed E-state index contributed by atoms with van der Waals surface area (Å²) in [5.74, 6) is -1.90. The van der Waals surface area contributed by atoms with Gasteiger partial charge in [0, 0.05) is 0 Å². The standard InChI is InChI=1S/C13H20N2O5/c1-5-13(6-2,9-14)12(18)15(7-10(16)19-3)8-11(17)20-4/h5-8H2,1-4H3. The number of ether oxygens (including phenoxy) is 2. The van der Waals surface area contributed by atoms with Crippen LogP contribution in [0.5, 0.6) is 0 Å². The number of amides is 1. The van der Waals surface area contributed by atoms with Crippen molar-refractivity contribution in [3.8, 4) is 6.07 Å². The SMILES string of the molecule is CCC(C#N)(CC)C(=O)N(CC(=O)OC)CC(=O)OC. The van der Waals surface area contributed by atoms with Crippen molar-refractivity contribution in [3.63, 3.8) is 0 Å². The topological polar surface area (TPSA) is 96.7 Å². The van der Waals surface area contributed by atoms with Gasteiger partial charge in [-0.05, 0) is 12.8 Å². The van der Waals surface area contributed by atoms with E-state index in [2.05, 4.69) is 9.47 Å². The fourth-order valence-electron chi connectivity index (χ4n) is 1.70. The zero-order valence-corrected chi connectivity index (χ0v) is 12.3. The Balaban J connectivity index is 5.29. The van der Waals surface area contributed by atoms with Crippen LogP contribution in [0.15, 0.2) is 0 Å². The molecule has 0 aromatic rings. The molecule has 0 rings (SSSR count). The molecule has 0 atom stereocenters. The van der Waals surface area contributed by atoms with Gasteiger partial charge in [-0.25, -0.2) is 0 Å². The third kappa shape index (κ3) is 4.23. The van der Waals surface area contributed by atoms with Gasteiger partial charge >= 0.3 is 11.9 Å². The molecule has 0 spiro atoms. The average Bonchev–Trinajstić information content (AvgIpc) is 2.48. The van der Waals surface area contributed by atoms with Crippen molar-refractivity contribution in [2.24, 2.45) is 5.41 Å². The lowest BCUT2D eigenvalue weighted by Gasteiger charge is -2.29. The van der Waals surface area contributed by atoms with Gasteiger partial charge < -0.3 is 14.4 Å². The molecule has 7 nitrogen and oxygen atoms in total. The van der Waals surface area contributed by atoms with Gasteiger partial charge in [0.2, 0.25) is 5.91 Å². The molecule has 7 heteroatoms. The molecule has 0 aromatic heterocycles. The summed E-state index contributed by atoms with van der Waals surface area (Å²) in [5.41, 5.74) is -1.25. The van der Waals surface area contributed by atoms with E-state index < -0.39 is 36.4 Å². The van der Waals surface area contributed by atoms with E-state index >= 15 is 0 Å². The Bertz CT molecular complexity index is 391. The van der Waals surface area contributed by atoms with Gasteiger partial charge in [-0.15, -0.1) is 0 Å². The lowest BCUT2D eigenvalue weighted by atomic mass is 9.82. The summed E-state index contributed by atoms with van der Waals surface area (Å²) >= 11 is 0. The highest BCUT2D eigenvalue weighted by molar-refractivity contribution is 5.91. The predicted octanol–water partition coefficient (Wildman–Crippen LogP) is 0.491. The number of nitrogens with zero attached hydrogens (tertiary/aromatic N) is 2. The van der Waals surface area contributed by atoms with Gasteiger partial charge in [0.05, 0.1) is 20.3 Å². The lowest BCUT2D eigenvalue weighted by molar-refractivity contribution is -0.155. The maximum absolute atomic E-state index is 12.4. The number of rotatable bonds is 7. The molecule has 112 valence electrons. The van der Waals surface area contributed by atoms with E-state index in [1.807, 2.05) is 6.07 Å². The maximum Gasteiger partial charge on any atom is 0.325 e. The summed E-state index contributed by atoms with van der Waals surface area (Å²) in [7, 11) is 2.36. The Labute approximate surface area is 118 Å². The third-order valence-corrected chi connectivity index (χ3v) is 3.21. The predicted molar refractivity (Wildman–Crippen MR) is 69.2 cm³/mol. The van der Waals surface area contributed by atoms with Crippen LogP contribution in [-0.4, -0.2) is 50.1 Å². The highest BCUT2D eigenvalue weighted by Crippen LogP contribution is 2.28. The Morgan fingerprint density at radius 3 is 1.70 bits per heavy atom. The van der Waals surface area contributed by atoms with Gasteiger partial charge in [0.1, 0.15) is 18.5 Å². The van der Waals surface area contributed by atoms with Crippen molar-refractivity contribution in [2.45, 2.75) is 26.7 Å². The van der Waals surface area contributed by atoms with Crippen molar-refractivity contribution in [1.29, 1.82) is 5.26 Å². The Hall–Kier alpha value is -2.10. The lowest BCUT2D eigenvalue weighted by Crippen LogP contribution is -2.47. The Morgan fingerprint density at radius 2 is 1.45 bits per heavy atom. The second kappa shape index (κ2) is 8.15. The summed E-state index contributed by atoms with van der Waals surface area (Å²) < 4.78 is 8.98. The molecule has 0 aliphatic rings. The van der Waals surface area contributed by atoms with E-state index in [-0.39, 0.29) is 12.8 Å². The minimum atomic E-state index is -1.25. The molecule has 0 radical (unpaired) electrons. The van der Waals surface area contributed by atoms with Crippen LogP contribution in [0.2, 0.25) is 0 Å². The van der Waals surface area contributed by atoms with E-state index in [9.17, 15) is 19.6 Å². The second-order valence-electron chi connectivity index (χ2n) is 4.21. The summed E-state index contributed by atoms with van der Waals surface area (Å²) in [4.78, 5) is 36.1. The number of methoxy groups -OCH3 is 2. The van der Waals surface area contributed by atoms with Crippen LogP contribution < -0.4 is 0 Å². The molecule has 0 N–H and O–H groups in total. The quantitative estimate of drug-likeness (QED) is 0.631. The first-order chi connectivity index (χ1) is 9.40. The highest BCUT2D eigenvalue weighted by Gasteiger charge is 2.39. The molecule has 0 saturated heterocycles. The number of nitriles is 1. The van der Waals surface area contributed by atoms with Gasteiger partial charge in [-0.1, -0.05) is 13.8 Å². The molecule has 0 aliphatic heterocycles. The van der Waals surface area contributed by atoms with Gasteiger partial charge in [0.25, 0.3) is 0 Å². The van der Waals surface area contributed by atoms with Crippen molar-refractivity contribution in [3.05, 3.63) is 0 Å². The fourth-order valence-corrected chi connectivity index (χ4v) is 1.70. The fraction of sp³-hybridized carbons (Fsp3) is 0.692. The highest BCUT2D eigenvalue weighted by atomic mass is 16.5. The third-order valence-electron chi connectivity index (χ3n) is 3.21. The van der Waals surface area contributed by atoms with Gasteiger partial charge in [-0.3, -0.25) is 14.4 Å². The van der Waals surface area contributed by atoms with Crippen LogP contribution in [0.3, 0.4) is 0 Å². The van der Waals surface area contributed by atoms with E-state index in [0.29, 0.717) is 0 Å². The number of hydrogen-bond acceptors (Lipinski definition) is 6. The summed E-state index contributed by atoms with van der Waals surface area (Å²) in [6.07, 6.45) is 0.579. The van der Waals surface area contributed by atoms with Crippen LogP contribution in [0, 0.1) is 16.7 Å². The Morgan fingerprint density at radius 1 is 1.05 bits per heavy atom. The first-order valence-electron chi connectivity index (χ1n) is 6.25. The first kappa shape index (κ1) is 17.9. The van der Waals surface area contributed by atoms with Crippen molar-refractivity contribution < 1.29 is 23.9 Å². The van der Waals surface area contributed by atoms with Gasteiger partial charge in [-0.2, -0.15) is 5.26 Å². The number of carbonyl (C=O) groups is 3. The molecule has 0 saturated carbocycles. The average molecular weight is 284 g/mol. The molecule has 0 fully saturated rings. The van der Waals surface area contributed by atoms with Crippen LogP contribution in [0.4, 0.5) is 0 Å². The van der Waals surface area contributed by atoms with E-state index in [1.54, 1.807) is 13.8 Å². The van der Waals surface area contributed by atoms with Crippen LogP contribution in [-0.2, 0) is 23.9 Å². The minimum Gasteiger partial charge on any atom is -0.468 e. The maximum atomic E-state index is 12.4. The van der Waals surface area contributed by atoms with E-state index in [4.69, 9.17) is 0 Å². The van der Waals surface area contributed by atoms with Crippen LogP contribution >= 0.6 is 0 Å². The number of carbonyl (C=O) groups excluding carboxylic acids is 3. The van der Waals surface area contributed by atoms with Crippen molar-refractivity contribution in [1.82, 2.24) is 4.90 Å². The number of esters is 2. The monoisotopic (exact) mass is 284 g/mol. The molecular formula is C13H20N2O5. The normalized spacial score (nSPS) is 10.3. The van der Waals surface area contributed by atoms with Gasteiger partial charge in [0.15, 0.2) is 0 Å². The first-order valence-corrected chi connectivity index (χ1v) is 6.25. The molecular weight excluding hydrogens is 264 g/mol. The molecule has 20 heavy (non-hydrogen) atoms. The summed E-state index contributed by atoms with van der Waals surface area (Å²) in [5, 5.41) is 9.25. The molecule has 0 aromatic carbocycles. The molecule has 0 heterocycles. The van der Waals surface area contributed by atoms with Crippen molar-refractivity contribution in [2.75, 3.05) is 27.3 Å². The smallest absolute Gasteiger partial charge is 0.325 e. The largest absolute Gasteiger partial charge is 0.468 e. The molecule has 1 amide bonds. The van der Waals surface area contributed by atoms with Crippen LogP contribution in [0.25, 0.3) is 0 Å². The molecule has 0 aliphatic carbocycles. The second-order valence-corrected chi connectivity index (χ2v) is 4.21. The summed E-state index contributed by atoms with van der Waals surface area (Å²) in [6, 6.07) is 1.98. The zero-order chi connectivity index (χ0) is 15.8. The minimum absolute atomic E-state index is 0.289. The van der Waals surface area contributed by atoms with E-state index in [1.165, 1.54) is 14.2 Å². The summed E-state index contributed by atoms with van der Waals surface area (Å²) in [6.45, 7) is 2.62. The Kier molecular flexibility index (Phi) is 7.29. The zero-order valence-electron chi connectivity index (χ0n) is 12.3. The molecule has 0 unspecified atom stereocenters. The number of hydrogen-bond donors (Lipinski definition) is 0.